The number of hydrogen-bond donors (Lipinski definition) is 1. The van der Waals surface area contributed by atoms with Crippen molar-refractivity contribution >= 4 is 5.78 Å². The molecule has 120 valence electrons. The summed E-state index contributed by atoms with van der Waals surface area (Å²) in [5.74, 6) is 1.50. The lowest BCUT2D eigenvalue weighted by molar-refractivity contribution is -0.126. The second kappa shape index (κ2) is 7.23. The number of Topliss-reactive ketones (excluding diaryl/α,β-unsaturated/α-hetero) is 1. The lowest BCUT2D eigenvalue weighted by Crippen LogP contribution is -2.44. The highest BCUT2D eigenvalue weighted by Gasteiger charge is 2.37. The lowest BCUT2D eigenvalue weighted by atomic mass is 9.81. The monoisotopic (exact) mass is 293 g/mol. The molecule has 0 radical (unpaired) electrons. The van der Waals surface area contributed by atoms with E-state index in [9.17, 15) is 9.90 Å². The number of hydrogen-bond acceptors (Lipinski definition) is 3. The summed E-state index contributed by atoms with van der Waals surface area (Å²) in [6, 6.07) is 0.427. The Balaban J connectivity index is 1.52. The van der Waals surface area contributed by atoms with E-state index in [1.165, 1.54) is 38.5 Å². The van der Waals surface area contributed by atoms with Crippen LogP contribution in [0.3, 0.4) is 0 Å². The van der Waals surface area contributed by atoms with Crippen LogP contribution in [0.5, 0.6) is 0 Å². The van der Waals surface area contributed by atoms with Crippen LogP contribution in [-0.4, -0.2) is 41.0 Å². The minimum absolute atomic E-state index is 0.188. The van der Waals surface area contributed by atoms with Crippen LogP contribution >= 0.6 is 0 Å². The predicted molar refractivity (Wildman–Crippen MR) is 84.1 cm³/mol. The van der Waals surface area contributed by atoms with Crippen molar-refractivity contribution in [3.8, 4) is 0 Å². The number of carbonyl (C=O) groups is 1. The molecule has 1 aliphatic heterocycles. The van der Waals surface area contributed by atoms with Crippen LogP contribution < -0.4 is 0 Å². The van der Waals surface area contributed by atoms with E-state index < -0.39 is 0 Å². The van der Waals surface area contributed by atoms with Gasteiger partial charge in [0.05, 0.1) is 6.10 Å². The number of aliphatic hydroxyl groups excluding tert-OH is 1. The summed E-state index contributed by atoms with van der Waals surface area (Å²) in [6.07, 6.45) is 12.6. The number of likely N-dealkylation sites (tertiary alicyclic amines) is 1. The second-order valence-electron chi connectivity index (χ2n) is 7.56. The van der Waals surface area contributed by atoms with Crippen LogP contribution in [0.1, 0.15) is 70.6 Å². The highest BCUT2D eigenvalue weighted by Crippen LogP contribution is 2.33. The zero-order valence-electron chi connectivity index (χ0n) is 13.3. The molecule has 3 heteroatoms. The molecule has 1 heterocycles. The zero-order valence-corrected chi connectivity index (χ0v) is 13.3. The lowest BCUT2D eigenvalue weighted by Gasteiger charge is -2.34. The number of ketones is 1. The first-order valence-corrected chi connectivity index (χ1v) is 9.19. The molecule has 0 aromatic heterocycles. The van der Waals surface area contributed by atoms with E-state index in [2.05, 4.69) is 4.90 Å². The average Bonchev–Trinajstić information content (AvgIpc) is 3.11. The van der Waals surface area contributed by atoms with E-state index >= 15 is 0 Å². The molecule has 21 heavy (non-hydrogen) atoms. The fourth-order valence-electron chi connectivity index (χ4n) is 4.93. The summed E-state index contributed by atoms with van der Waals surface area (Å²) in [5.41, 5.74) is 0. The highest BCUT2D eigenvalue weighted by atomic mass is 16.3. The van der Waals surface area contributed by atoms with E-state index in [1.807, 2.05) is 0 Å². The molecule has 3 atom stereocenters. The van der Waals surface area contributed by atoms with Crippen molar-refractivity contribution in [2.75, 3.05) is 13.1 Å². The molecule has 0 amide bonds. The topological polar surface area (TPSA) is 40.5 Å². The number of nitrogens with zero attached hydrogens (tertiary/aromatic N) is 1. The number of aliphatic hydroxyl groups is 1. The average molecular weight is 293 g/mol. The smallest absolute Gasteiger partial charge is 0.137 e. The maximum absolute atomic E-state index is 12.2. The molecule has 2 aliphatic carbocycles. The normalized spacial score (nSPS) is 33.7. The quantitative estimate of drug-likeness (QED) is 0.846. The third kappa shape index (κ3) is 3.87. The van der Waals surface area contributed by atoms with Gasteiger partial charge in [-0.2, -0.15) is 0 Å². The van der Waals surface area contributed by atoms with Gasteiger partial charge in [0.2, 0.25) is 0 Å². The molecular weight excluding hydrogens is 262 g/mol. The molecule has 3 unspecified atom stereocenters. The van der Waals surface area contributed by atoms with Crippen molar-refractivity contribution in [1.82, 2.24) is 4.90 Å². The molecule has 0 aromatic rings. The van der Waals surface area contributed by atoms with Crippen LogP contribution in [0.25, 0.3) is 0 Å². The van der Waals surface area contributed by atoms with E-state index in [-0.39, 0.29) is 12.0 Å². The Morgan fingerprint density at radius 1 is 1.05 bits per heavy atom. The van der Waals surface area contributed by atoms with E-state index in [0.717, 1.165) is 51.1 Å². The molecule has 0 spiro atoms. The van der Waals surface area contributed by atoms with Crippen LogP contribution in [0.4, 0.5) is 0 Å². The number of carbonyl (C=O) groups excluding carboxylic acids is 1. The maximum Gasteiger partial charge on any atom is 0.137 e. The van der Waals surface area contributed by atoms with Gasteiger partial charge in [-0.1, -0.05) is 32.1 Å². The van der Waals surface area contributed by atoms with Crippen molar-refractivity contribution in [3.63, 3.8) is 0 Å². The largest absolute Gasteiger partial charge is 0.392 e. The Morgan fingerprint density at radius 3 is 2.57 bits per heavy atom. The zero-order chi connectivity index (χ0) is 14.7. The summed E-state index contributed by atoms with van der Waals surface area (Å²) < 4.78 is 0. The SMILES string of the molecule is O=C1CCCCC1C1CCCN1CC(O)CC1CCCC1. The minimum atomic E-state index is -0.188. The first kappa shape index (κ1) is 15.5. The molecule has 2 saturated carbocycles. The van der Waals surface area contributed by atoms with Crippen LogP contribution in [0.15, 0.2) is 0 Å². The third-order valence-electron chi connectivity index (χ3n) is 6.01. The number of rotatable bonds is 5. The first-order valence-electron chi connectivity index (χ1n) is 9.19. The summed E-state index contributed by atoms with van der Waals surface area (Å²) in [6.45, 7) is 1.88. The Morgan fingerprint density at radius 2 is 1.81 bits per heavy atom. The highest BCUT2D eigenvalue weighted by molar-refractivity contribution is 5.82. The summed E-state index contributed by atoms with van der Waals surface area (Å²) >= 11 is 0. The van der Waals surface area contributed by atoms with Gasteiger partial charge >= 0.3 is 0 Å². The van der Waals surface area contributed by atoms with Gasteiger partial charge < -0.3 is 5.11 Å². The molecule has 3 rings (SSSR count). The molecule has 1 saturated heterocycles. The van der Waals surface area contributed by atoms with E-state index in [1.54, 1.807) is 0 Å². The van der Waals surface area contributed by atoms with Gasteiger partial charge in [0, 0.05) is 24.9 Å². The summed E-state index contributed by atoms with van der Waals surface area (Å²) in [5, 5.41) is 10.4. The van der Waals surface area contributed by atoms with E-state index in [4.69, 9.17) is 0 Å². The Hall–Kier alpha value is -0.410. The van der Waals surface area contributed by atoms with Crippen molar-refractivity contribution in [2.24, 2.45) is 11.8 Å². The Bertz CT molecular complexity index is 351. The minimum Gasteiger partial charge on any atom is -0.392 e. The third-order valence-corrected chi connectivity index (χ3v) is 6.01. The van der Waals surface area contributed by atoms with Gasteiger partial charge in [-0.25, -0.2) is 0 Å². The van der Waals surface area contributed by atoms with Crippen molar-refractivity contribution < 1.29 is 9.90 Å². The summed E-state index contributed by atoms with van der Waals surface area (Å²) in [7, 11) is 0. The molecule has 3 fully saturated rings. The molecule has 0 aromatic carbocycles. The van der Waals surface area contributed by atoms with Gasteiger partial charge in [0.25, 0.3) is 0 Å². The summed E-state index contributed by atoms with van der Waals surface area (Å²) in [4.78, 5) is 14.6. The van der Waals surface area contributed by atoms with Gasteiger partial charge in [-0.3, -0.25) is 9.69 Å². The maximum atomic E-state index is 12.2. The fraction of sp³-hybridized carbons (Fsp3) is 0.944. The molecule has 0 bridgehead atoms. The Kier molecular flexibility index (Phi) is 5.33. The van der Waals surface area contributed by atoms with Gasteiger partial charge in [0.15, 0.2) is 0 Å². The van der Waals surface area contributed by atoms with Crippen LogP contribution in [0.2, 0.25) is 0 Å². The Labute approximate surface area is 129 Å². The fourth-order valence-corrected chi connectivity index (χ4v) is 4.93. The van der Waals surface area contributed by atoms with Crippen molar-refractivity contribution in [2.45, 2.75) is 82.8 Å². The van der Waals surface area contributed by atoms with E-state index in [0.29, 0.717) is 11.8 Å². The predicted octanol–water partition coefficient (Wildman–Crippen LogP) is 3.15. The molecule has 3 aliphatic rings. The van der Waals surface area contributed by atoms with Gasteiger partial charge in [-0.15, -0.1) is 0 Å². The molecular formula is C18H31NO2. The van der Waals surface area contributed by atoms with Crippen LogP contribution in [0, 0.1) is 11.8 Å². The number of β-amino-alcohol motifs (C(OH)–C–C–N with tert-alkyl or cyclic N) is 1. The first-order chi connectivity index (χ1) is 10.2. The van der Waals surface area contributed by atoms with Gasteiger partial charge in [-0.05, 0) is 44.6 Å². The molecule has 1 N–H and O–H groups in total. The van der Waals surface area contributed by atoms with Gasteiger partial charge in [0.1, 0.15) is 5.78 Å². The van der Waals surface area contributed by atoms with Crippen molar-refractivity contribution in [1.29, 1.82) is 0 Å². The second-order valence-corrected chi connectivity index (χ2v) is 7.56. The standard InChI is InChI=1S/C18H31NO2/c20-15(12-14-6-1-2-7-14)13-19-11-5-9-17(19)16-8-3-4-10-18(16)21/h14-17,20H,1-13H2. The van der Waals surface area contributed by atoms with Crippen LogP contribution in [-0.2, 0) is 4.79 Å². The molecule has 3 nitrogen and oxygen atoms in total. The van der Waals surface area contributed by atoms with Crippen molar-refractivity contribution in [3.05, 3.63) is 0 Å².